The second-order valence-corrected chi connectivity index (χ2v) is 12.7. The standard InChI is InChI=1S/C46H31N5/c1-2-13-32(14-3-1)49(33-24-26-34(27-25-33)50-41-19-7-4-15-36(41)37-16-5-8-20-42(37)50)44-22-12-23-45-46(44)38-17-6-9-21-43(38)51(45)35-28-29-40(48-31-35)39-18-10-11-30-47-39/h1-31H. The van der Waals surface area contributed by atoms with Crippen molar-refractivity contribution in [1.29, 1.82) is 0 Å². The van der Waals surface area contributed by atoms with E-state index >= 15 is 0 Å². The zero-order chi connectivity index (χ0) is 33.7. The highest BCUT2D eigenvalue weighted by molar-refractivity contribution is 6.16. The first-order valence-electron chi connectivity index (χ1n) is 17.2. The van der Waals surface area contributed by atoms with Crippen LogP contribution in [0.25, 0.3) is 66.4 Å². The number of anilines is 3. The molecule has 0 saturated heterocycles. The average molecular weight is 654 g/mol. The van der Waals surface area contributed by atoms with Crippen LogP contribution in [-0.2, 0) is 0 Å². The fourth-order valence-electron chi connectivity index (χ4n) is 7.60. The van der Waals surface area contributed by atoms with Gasteiger partial charge in [-0.3, -0.25) is 9.97 Å². The summed E-state index contributed by atoms with van der Waals surface area (Å²) in [7, 11) is 0. The number of nitrogens with zero attached hydrogens (tertiary/aromatic N) is 5. The molecule has 10 rings (SSSR count). The lowest BCUT2D eigenvalue weighted by molar-refractivity contribution is 1.13. The first-order chi connectivity index (χ1) is 25.3. The molecule has 0 bridgehead atoms. The summed E-state index contributed by atoms with van der Waals surface area (Å²) in [5, 5.41) is 4.87. The van der Waals surface area contributed by atoms with Gasteiger partial charge in [0.15, 0.2) is 0 Å². The van der Waals surface area contributed by atoms with Gasteiger partial charge in [0.1, 0.15) is 0 Å². The molecule has 0 N–H and O–H groups in total. The van der Waals surface area contributed by atoms with E-state index in [1.807, 2.05) is 24.4 Å². The Bertz CT molecular complexity index is 2780. The number of aromatic nitrogens is 4. The summed E-state index contributed by atoms with van der Waals surface area (Å²) in [6.07, 6.45) is 3.75. The molecule has 0 radical (unpaired) electrons. The van der Waals surface area contributed by atoms with Crippen LogP contribution in [0.5, 0.6) is 0 Å². The topological polar surface area (TPSA) is 38.9 Å². The third-order valence-corrected chi connectivity index (χ3v) is 9.81. The van der Waals surface area contributed by atoms with Crippen molar-refractivity contribution < 1.29 is 0 Å². The molecule has 0 aliphatic carbocycles. The van der Waals surface area contributed by atoms with Crippen LogP contribution in [0.15, 0.2) is 188 Å². The first-order valence-corrected chi connectivity index (χ1v) is 17.2. The number of hydrogen-bond acceptors (Lipinski definition) is 3. The van der Waals surface area contributed by atoms with E-state index in [1.165, 1.54) is 32.6 Å². The summed E-state index contributed by atoms with van der Waals surface area (Å²) in [6, 6.07) is 62.2. The van der Waals surface area contributed by atoms with Crippen LogP contribution in [0.3, 0.4) is 0 Å². The average Bonchev–Trinajstić information content (AvgIpc) is 3.73. The normalized spacial score (nSPS) is 11.5. The van der Waals surface area contributed by atoms with E-state index in [1.54, 1.807) is 6.20 Å². The minimum Gasteiger partial charge on any atom is -0.310 e. The highest BCUT2D eigenvalue weighted by atomic mass is 15.1. The van der Waals surface area contributed by atoms with Gasteiger partial charge in [-0.25, -0.2) is 0 Å². The van der Waals surface area contributed by atoms with Crippen LogP contribution in [0.1, 0.15) is 0 Å². The third-order valence-electron chi connectivity index (χ3n) is 9.81. The minimum absolute atomic E-state index is 0.848. The van der Waals surface area contributed by atoms with Gasteiger partial charge in [-0.2, -0.15) is 0 Å². The molecule has 0 atom stereocenters. The van der Waals surface area contributed by atoms with E-state index in [2.05, 4.69) is 177 Å². The molecule has 4 heterocycles. The molecule has 0 aliphatic rings. The molecule has 0 saturated carbocycles. The van der Waals surface area contributed by atoms with Crippen molar-refractivity contribution in [2.24, 2.45) is 0 Å². The molecule has 0 aliphatic heterocycles. The van der Waals surface area contributed by atoms with Gasteiger partial charge in [0.2, 0.25) is 0 Å². The Morgan fingerprint density at radius 3 is 1.59 bits per heavy atom. The number of pyridine rings is 2. The van der Waals surface area contributed by atoms with E-state index in [-0.39, 0.29) is 0 Å². The Labute approximate surface area is 294 Å². The number of benzene rings is 6. The molecule has 5 nitrogen and oxygen atoms in total. The van der Waals surface area contributed by atoms with Crippen LogP contribution in [-0.4, -0.2) is 19.1 Å². The largest absolute Gasteiger partial charge is 0.310 e. The molecule has 240 valence electrons. The molecule has 6 aromatic carbocycles. The van der Waals surface area contributed by atoms with Crippen LogP contribution < -0.4 is 4.90 Å². The molecule has 0 spiro atoms. The lowest BCUT2D eigenvalue weighted by atomic mass is 10.1. The van der Waals surface area contributed by atoms with Gasteiger partial charge < -0.3 is 14.0 Å². The van der Waals surface area contributed by atoms with Crippen molar-refractivity contribution in [3.8, 4) is 22.8 Å². The van der Waals surface area contributed by atoms with Gasteiger partial charge in [0.05, 0.1) is 51.0 Å². The summed E-state index contributed by atoms with van der Waals surface area (Å²) in [5.41, 5.74) is 11.8. The second-order valence-electron chi connectivity index (χ2n) is 12.7. The van der Waals surface area contributed by atoms with Crippen LogP contribution in [0, 0.1) is 0 Å². The quantitative estimate of drug-likeness (QED) is 0.179. The number of rotatable bonds is 6. The Balaban J connectivity index is 1.15. The number of para-hydroxylation sites is 4. The van der Waals surface area contributed by atoms with Crippen molar-refractivity contribution in [2.45, 2.75) is 0 Å². The predicted octanol–water partition coefficient (Wildman–Crippen LogP) is 11.8. The predicted molar refractivity (Wildman–Crippen MR) is 211 cm³/mol. The first kappa shape index (κ1) is 29.0. The van der Waals surface area contributed by atoms with E-state index in [9.17, 15) is 0 Å². The van der Waals surface area contributed by atoms with Crippen LogP contribution >= 0.6 is 0 Å². The van der Waals surface area contributed by atoms with Gasteiger partial charge >= 0.3 is 0 Å². The lowest BCUT2D eigenvalue weighted by Crippen LogP contribution is -2.10. The minimum atomic E-state index is 0.848. The Morgan fingerprint density at radius 1 is 0.373 bits per heavy atom. The van der Waals surface area contributed by atoms with Crippen molar-refractivity contribution in [1.82, 2.24) is 19.1 Å². The monoisotopic (exact) mass is 653 g/mol. The summed E-state index contributed by atoms with van der Waals surface area (Å²) in [5.74, 6) is 0. The highest BCUT2D eigenvalue weighted by Gasteiger charge is 2.21. The van der Waals surface area contributed by atoms with Gasteiger partial charge in [-0.1, -0.05) is 84.9 Å². The van der Waals surface area contributed by atoms with Crippen LogP contribution in [0.4, 0.5) is 17.1 Å². The Morgan fingerprint density at radius 2 is 0.922 bits per heavy atom. The van der Waals surface area contributed by atoms with Crippen molar-refractivity contribution in [2.75, 3.05) is 4.90 Å². The maximum atomic E-state index is 4.84. The summed E-state index contributed by atoms with van der Waals surface area (Å²) in [4.78, 5) is 11.7. The van der Waals surface area contributed by atoms with Gasteiger partial charge in [-0.05, 0) is 91.0 Å². The molecule has 4 aromatic heterocycles. The fourth-order valence-corrected chi connectivity index (χ4v) is 7.60. The third kappa shape index (κ3) is 4.71. The maximum absolute atomic E-state index is 4.84. The van der Waals surface area contributed by atoms with E-state index in [0.29, 0.717) is 0 Å². The molecule has 0 amide bonds. The SMILES string of the molecule is c1ccc(N(c2ccc(-n3c4ccccc4c4ccccc43)cc2)c2cccc3c2c2ccccc2n3-c2ccc(-c3ccccn3)nc2)cc1. The Kier molecular flexibility index (Phi) is 6.74. The summed E-state index contributed by atoms with van der Waals surface area (Å²) < 4.78 is 4.68. The summed E-state index contributed by atoms with van der Waals surface area (Å²) in [6.45, 7) is 0. The molecular weight excluding hydrogens is 623 g/mol. The van der Waals surface area contributed by atoms with Gasteiger partial charge in [0, 0.05) is 44.8 Å². The molecule has 10 aromatic rings. The Hall–Kier alpha value is -6.98. The van der Waals surface area contributed by atoms with E-state index < -0.39 is 0 Å². The molecule has 0 unspecified atom stereocenters. The van der Waals surface area contributed by atoms with E-state index in [0.717, 1.165) is 50.9 Å². The maximum Gasteiger partial charge on any atom is 0.0887 e. The molecular formula is C46H31N5. The summed E-state index contributed by atoms with van der Waals surface area (Å²) >= 11 is 0. The smallest absolute Gasteiger partial charge is 0.0887 e. The zero-order valence-electron chi connectivity index (χ0n) is 27.6. The number of fused-ring (bicyclic) bond motifs is 6. The van der Waals surface area contributed by atoms with Crippen molar-refractivity contribution in [3.63, 3.8) is 0 Å². The second kappa shape index (κ2) is 11.9. The van der Waals surface area contributed by atoms with Gasteiger partial charge in [0.25, 0.3) is 0 Å². The van der Waals surface area contributed by atoms with Crippen molar-refractivity contribution in [3.05, 3.63) is 188 Å². The highest BCUT2D eigenvalue weighted by Crippen LogP contribution is 2.44. The van der Waals surface area contributed by atoms with Crippen LogP contribution in [0.2, 0.25) is 0 Å². The molecule has 0 fully saturated rings. The zero-order valence-corrected chi connectivity index (χ0v) is 27.6. The fraction of sp³-hybridized carbons (Fsp3) is 0. The number of hydrogen-bond donors (Lipinski definition) is 0. The molecule has 51 heavy (non-hydrogen) atoms. The van der Waals surface area contributed by atoms with Crippen molar-refractivity contribution >= 4 is 60.7 Å². The van der Waals surface area contributed by atoms with E-state index in [4.69, 9.17) is 4.98 Å². The van der Waals surface area contributed by atoms with Gasteiger partial charge in [-0.15, -0.1) is 0 Å². The molecule has 5 heteroatoms. The lowest BCUT2D eigenvalue weighted by Gasteiger charge is -2.27.